The van der Waals surface area contributed by atoms with Gasteiger partial charge in [0.15, 0.2) is 0 Å². The smallest absolute Gasteiger partial charge is 0.332 e. The Balaban J connectivity index is 1.31. The van der Waals surface area contributed by atoms with Gasteiger partial charge < -0.3 is 9.32 Å². The third-order valence-corrected chi connectivity index (χ3v) is 6.57. The molecule has 1 aliphatic heterocycles. The molecule has 0 N–H and O–H groups in total. The predicted octanol–water partition coefficient (Wildman–Crippen LogP) is 4.05. The molecule has 1 aliphatic carbocycles. The van der Waals surface area contributed by atoms with Gasteiger partial charge in [0.2, 0.25) is 17.7 Å². The quantitative estimate of drug-likeness (QED) is 0.460. The molecule has 2 fully saturated rings. The van der Waals surface area contributed by atoms with Crippen LogP contribution < -0.4 is 4.90 Å². The second kappa shape index (κ2) is 9.14. The number of hydrogen-bond acceptors (Lipinski definition) is 6. The average Bonchev–Trinajstić information content (AvgIpc) is 3.54. The summed E-state index contributed by atoms with van der Waals surface area (Å²) in [4.78, 5) is 43.3. The number of benzene rings is 2. The molecular formula is C25H24ClN5O4. The van der Waals surface area contributed by atoms with E-state index >= 15 is 0 Å². The first-order valence-electron chi connectivity index (χ1n) is 11.4. The number of aromatic nitrogens is 2. The summed E-state index contributed by atoms with van der Waals surface area (Å²) in [6.45, 7) is 3.36. The molecule has 2 aliphatic rings. The highest BCUT2D eigenvalue weighted by atomic mass is 35.5. The highest BCUT2D eigenvalue weighted by molar-refractivity contribution is 6.33. The molecule has 10 heteroatoms. The molecular weight excluding hydrogens is 470 g/mol. The van der Waals surface area contributed by atoms with E-state index in [-0.39, 0.29) is 36.8 Å². The maximum absolute atomic E-state index is 13.3. The van der Waals surface area contributed by atoms with Crippen LogP contribution in [-0.2, 0) is 16.1 Å². The van der Waals surface area contributed by atoms with E-state index in [1.165, 1.54) is 4.90 Å². The fraction of sp³-hybridized carbons (Fsp3) is 0.320. The van der Waals surface area contributed by atoms with Crippen molar-refractivity contribution in [2.75, 3.05) is 11.4 Å². The molecule has 3 aromatic rings. The van der Waals surface area contributed by atoms with E-state index in [0.717, 1.165) is 23.3 Å². The van der Waals surface area contributed by atoms with E-state index in [9.17, 15) is 14.4 Å². The molecule has 2 heterocycles. The van der Waals surface area contributed by atoms with Crippen LogP contribution in [-0.4, -0.2) is 56.5 Å². The number of halogens is 1. The second-order valence-corrected chi connectivity index (χ2v) is 9.23. The Bertz CT molecular complexity index is 1290. The van der Waals surface area contributed by atoms with Crippen LogP contribution in [0.2, 0.25) is 5.02 Å². The molecule has 1 saturated carbocycles. The first kappa shape index (κ1) is 23.0. The number of rotatable bonds is 7. The Morgan fingerprint density at radius 3 is 2.51 bits per heavy atom. The van der Waals surface area contributed by atoms with Gasteiger partial charge in [-0.2, -0.15) is 0 Å². The number of urea groups is 1. The summed E-state index contributed by atoms with van der Waals surface area (Å²) in [7, 11) is 0. The Morgan fingerprint density at radius 1 is 1.11 bits per heavy atom. The maximum Gasteiger partial charge on any atom is 0.332 e. The van der Waals surface area contributed by atoms with Gasteiger partial charge in [0.1, 0.15) is 12.6 Å². The van der Waals surface area contributed by atoms with Crippen molar-refractivity contribution >= 4 is 35.1 Å². The zero-order valence-corrected chi connectivity index (χ0v) is 20.1. The van der Waals surface area contributed by atoms with Gasteiger partial charge in [0.25, 0.3) is 5.91 Å². The molecule has 180 valence electrons. The van der Waals surface area contributed by atoms with E-state index in [1.807, 2.05) is 25.1 Å². The third-order valence-electron chi connectivity index (χ3n) is 6.24. The number of nitrogens with zero attached hydrogens (tertiary/aromatic N) is 5. The summed E-state index contributed by atoms with van der Waals surface area (Å²) >= 11 is 6.22. The normalized spacial score (nSPS) is 17.9. The molecule has 35 heavy (non-hydrogen) atoms. The number of imide groups is 1. The van der Waals surface area contributed by atoms with E-state index in [1.54, 1.807) is 42.2 Å². The van der Waals surface area contributed by atoms with Crippen LogP contribution >= 0.6 is 11.6 Å². The fourth-order valence-corrected chi connectivity index (χ4v) is 4.37. The fourth-order valence-electron chi connectivity index (χ4n) is 4.15. The lowest BCUT2D eigenvalue weighted by molar-refractivity contribution is -0.138. The minimum absolute atomic E-state index is 0.0107. The molecule has 1 aromatic heterocycles. The Morgan fingerprint density at radius 2 is 1.83 bits per heavy atom. The summed E-state index contributed by atoms with van der Waals surface area (Å²) in [6.07, 6.45) is 1.68. The molecule has 0 bridgehead atoms. The molecule has 0 spiro atoms. The molecule has 1 atom stereocenters. The summed E-state index contributed by atoms with van der Waals surface area (Å²) in [5.74, 6) is -0.224. The van der Waals surface area contributed by atoms with Gasteiger partial charge in [0, 0.05) is 11.7 Å². The van der Waals surface area contributed by atoms with Crippen LogP contribution in [0.15, 0.2) is 52.9 Å². The second-order valence-electron chi connectivity index (χ2n) is 8.82. The largest absolute Gasteiger partial charge is 0.419 e. The number of amides is 4. The maximum atomic E-state index is 13.3. The standard InChI is InChI=1S/C25H24ClN5O4/c1-15-7-9-18(10-8-15)31-16(2)24(33)30(25(31)34)14-22(32)29(17-11-12-17)13-21-27-28-23(35-21)19-5-3-4-6-20(19)26/h3-10,16-17H,11-14H2,1-2H3/t16-/m1/s1. The van der Waals surface area contributed by atoms with Gasteiger partial charge in [-0.1, -0.05) is 41.4 Å². The summed E-state index contributed by atoms with van der Waals surface area (Å²) < 4.78 is 5.77. The van der Waals surface area contributed by atoms with Crippen LogP contribution in [0.3, 0.4) is 0 Å². The number of anilines is 1. The lowest BCUT2D eigenvalue weighted by Crippen LogP contribution is -2.44. The Kier molecular flexibility index (Phi) is 6.02. The topological polar surface area (TPSA) is 99.9 Å². The van der Waals surface area contributed by atoms with E-state index in [4.69, 9.17) is 16.0 Å². The highest BCUT2D eigenvalue weighted by Gasteiger charge is 2.45. The van der Waals surface area contributed by atoms with Gasteiger partial charge in [-0.15, -0.1) is 10.2 Å². The lowest BCUT2D eigenvalue weighted by Gasteiger charge is -2.23. The van der Waals surface area contributed by atoms with Gasteiger partial charge in [-0.3, -0.25) is 19.4 Å². The van der Waals surface area contributed by atoms with E-state index in [2.05, 4.69) is 10.2 Å². The van der Waals surface area contributed by atoms with Gasteiger partial charge in [0.05, 0.1) is 17.1 Å². The minimum atomic E-state index is -0.693. The molecule has 9 nitrogen and oxygen atoms in total. The molecule has 2 aromatic carbocycles. The number of carbonyl (C=O) groups is 3. The highest BCUT2D eigenvalue weighted by Crippen LogP contribution is 2.31. The van der Waals surface area contributed by atoms with Crippen molar-refractivity contribution in [2.45, 2.75) is 45.3 Å². The van der Waals surface area contributed by atoms with Crippen molar-refractivity contribution in [1.82, 2.24) is 20.0 Å². The van der Waals surface area contributed by atoms with Crippen molar-refractivity contribution in [3.05, 3.63) is 65.0 Å². The van der Waals surface area contributed by atoms with E-state index < -0.39 is 18.0 Å². The molecule has 4 amide bonds. The zero-order chi connectivity index (χ0) is 24.7. The van der Waals surface area contributed by atoms with Crippen LogP contribution in [0.5, 0.6) is 0 Å². The van der Waals surface area contributed by atoms with Crippen LogP contribution in [0, 0.1) is 6.92 Å². The number of aryl methyl sites for hydroxylation is 1. The van der Waals surface area contributed by atoms with E-state index in [0.29, 0.717) is 16.3 Å². The van der Waals surface area contributed by atoms with Crippen molar-refractivity contribution in [3.8, 4) is 11.5 Å². The predicted molar refractivity (Wildman–Crippen MR) is 129 cm³/mol. The lowest BCUT2D eigenvalue weighted by atomic mass is 10.2. The SMILES string of the molecule is Cc1ccc(N2C(=O)N(CC(=O)N(Cc3nnc(-c4ccccc4Cl)o3)C3CC3)C(=O)[C@H]2C)cc1. The van der Waals surface area contributed by atoms with Gasteiger partial charge in [-0.25, -0.2) is 4.79 Å². The Labute approximate surface area is 207 Å². The number of hydrogen-bond donors (Lipinski definition) is 0. The summed E-state index contributed by atoms with van der Waals surface area (Å²) in [5, 5.41) is 8.62. The van der Waals surface area contributed by atoms with Gasteiger partial charge >= 0.3 is 6.03 Å². The molecule has 0 unspecified atom stereocenters. The monoisotopic (exact) mass is 493 g/mol. The zero-order valence-electron chi connectivity index (χ0n) is 19.3. The van der Waals surface area contributed by atoms with Crippen molar-refractivity contribution in [1.29, 1.82) is 0 Å². The number of carbonyl (C=O) groups excluding carboxylic acids is 3. The van der Waals surface area contributed by atoms with Crippen molar-refractivity contribution in [3.63, 3.8) is 0 Å². The van der Waals surface area contributed by atoms with Crippen molar-refractivity contribution in [2.24, 2.45) is 0 Å². The van der Waals surface area contributed by atoms with Crippen LogP contribution in [0.25, 0.3) is 11.5 Å². The minimum Gasteiger partial charge on any atom is -0.419 e. The van der Waals surface area contributed by atoms with Gasteiger partial charge in [-0.05, 0) is 51.0 Å². The first-order chi connectivity index (χ1) is 16.8. The molecule has 0 radical (unpaired) electrons. The summed E-state index contributed by atoms with van der Waals surface area (Å²) in [5.41, 5.74) is 2.27. The average molecular weight is 494 g/mol. The summed E-state index contributed by atoms with van der Waals surface area (Å²) in [6, 6.07) is 13.3. The third kappa shape index (κ3) is 4.51. The van der Waals surface area contributed by atoms with Crippen molar-refractivity contribution < 1.29 is 18.8 Å². The molecule has 5 rings (SSSR count). The Hall–Kier alpha value is -3.72. The molecule has 1 saturated heterocycles. The van der Waals surface area contributed by atoms with Crippen LogP contribution in [0.4, 0.5) is 10.5 Å². The van der Waals surface area contributed by atoms with Crippen LogP contribution in [0.1, 0.15) is 31.2 Å². The first-order valence-corrected chi connectivity index (χ1v) is 11.8.